The molecule has 2 atom stereocenters. The molecular weight excluding hydrogens is 234 g/mol. The quantitative estimate of drug-likeness (QED) is 0.749. The first-order valence-electron chi connectivity index (χ1n) is 6.11. The molecule has 1 aliphatic heterocycles. The summed E-state index contributed by atoms with van der Waals surface area (Å²) in [5.74, 6) is 1.21. The van der Waals surface area contributed by atoms with Crippen LogP contribution in [0.25, 0.3) is 0 Å². The van der Waals surface area contributed by atoms with E-state index in [1.165, 1.54) is 6.42 Å². The topological polar surface area (TPSA) is 20.3 Å². The second-order valence-corrected chi connectivity index (χ2v) is 5.54. The Morgan fingerprint density at radius 2 is 1.82 bits per heavy atom. The number of carbonyl (C=O) groups excluding carboxylic acids is 1. The van der Waals surface area contributed by atoms with E-state index in [0.29, 0.717) is 22.4 Å². The molecule has 17 heavy (non-hydrogen) atoms. The molecule has 0 unspecified atom stereocenters. The van der Waals surface area contributed by atoms with Gasteiger partial charge in [0.05, 0.1) is 10.6 Å². The van der Waals surface area contributed by atoms with Gasteiger partial charge in [-0.3, -0.25) is 4.79 Å². The standard InChI is InChI=1S/C14H18ClNO/c1-10-7-11(2)9-16(8-10)14(17)12-5-3-4-6-13(12)15/h3-6,10-11H,7-9H2,1-2H3/t10-,11-/m1/s1. The van der Waals surface area contributed by atoms with Gasteiger partial charge in [-0.25, -0.2) is 0 Å². The van der Waals surface area contributed by atoms with Crippen LogP contribution in [0.15, 0.2) is 24.3 Å². The van der Waals surface area contributed by atoms with Crippen molar-refractivity contribution in [2.75, 3.05) is 13.1 Å². The minimum atomic E-state index is 0.0639. The van der Waals surface area contributed by atoms with Crippen LogP contribution in [0.5, 0.6) is 0 Å². The monoisotopic (exact) mass is 251 g/mol. The number of benzene rings is 1. The summed E-state index contributed by atoms with van der Waals surface area (Å²) in [4.78, 5) is 14.3. The first-order valence-corrected chi connectivity index (χ1v) is 6.49. The minimum Gasteiger partial charge on any atom is -0.338 e. The van der Waals surface area contributed by atoms with Crippen molar-refractivity contribution in [3.63, 3.8) is 0 Å². The van der Waals surface area contributed by atoms with Gasteiger partial charge in [-0.05, 0) is 30.4 Å². The van der Waals surface area contributed by atoms with Gasteiger partial charge in [-0.1, -0.05) is 37.6 Å². The number of piperidine rings is 1. The van der Waals surface area contributed by atoms with Crippen molar-refractivity contribution in [1.82, 2.24) is 4.90 Å². The molecule has 1 aliphatic rings. The van der Waals surface area contributed by atoms with Gasteiger partial charge in [0.25, 0.3) is 5.91 Å². The lowest BCUT2D eigenvalue weighted by Gasteiger charge is -2.35. The number of rotatable bonds is 1. The van der Waals surface area contributed by atoms with Gasteiger partial charge >= 0.3 is 0 Å². The van der Waals surface area contributed by atoms with Crippen LogP contribution in [-0.2, 0) is 0 Å². The average molecular weight is 252 g/mol. The molecule has 92 valence electrons. The smallest absolute Gasteiger partial charge is 0.255 e. The molecule has 0 saturated carbocycles. The maximum absolute atomic E-state index is 12.4. The highest BCUT2D eigenvalue weighted by atomic mass is 35.5. The molecule has 0 aliphatic carbocycles. The summed E-state index contributed by atoms with van der Waals surface area (Å²) in [5.41, 5.74) is 0.621. The number of likely N-dealkylation sites (tertiary alicyclic amines) is 1. The van der Waals surface area contributed by atoms with Gasteiger partial charge in [-0.2, -0.15) is 0 Å². The molecule has 1 aromatic carbocycles. The molecule has 0 bridgehead atoms. The summed E-state index contributed by atoms with van der Waals surface area (Å²) in [6, 6.07) is 7.27. The Bertz CT molecular complexity index is 408. The second kappa shape index (κ2) is 5.09. The fourth-order valence-corrected chi connectivity index (χ4v) is 2.85. The minimum absolute atomic E-state index is 0.0639. The third-order valence-electron chi connectivity index (χ3n) is 3.26. The molecule has 0 N–H and O–H groups in total. The third-order valence-corrected chi connectivity index (χ3v) is 3.59. The third kappa shape index (κ3) is 2.81. The van der Waals surface area contributed by atoms with E-state index in [1.54, 1.807) is 12.1 Å². The molecular formula is C14H18ClNO. The summed E-state index contributed by atoms with van der Waals surface area (Å²) in [5, 5.41) is 0.545. The first-order chi connectivity index (χ1) is 8.08. The zero-order chi connectivity index (χ0) is 12.4. The van der Waals surface area contributed by atoms with Crippen molar-refractivity contribution in [3.05, 3.63) is 34.9 Å². The summed E-state index contributed by atoms with van der Waals surface area (Å²) < 4.78 is 0. The van der Waals surface area contributed by atoms with E-state index < -0.39 is 0 Å². The van der Waals surface area contributed by atoms with Gasteiger partial charge in [0.2, 0.25) is 0 Å². The maximum atomic E-state index is 12.4. The Morgan fingerprint density at radius 3 is 2.41 bits per heavy atom. The summed E-state index contributed by atoms with van der Waals surface area (Å²) in [7, 11) is 0. The van der Waals surface area contributed by atoms with Gasteiger partial charge in [0.15, 0.2) is 0 Å². The maximum Gasteiger partial charge on any atom is 0.255 e. The molecule has 1 heterocycles. The fraction of sp³-hybridized carbons (Fsp3) is 0.500. The van der Waals surface area contributed by atoms with E-state index in [-0.39, 0.29) is 5.91 Å². The van der Waals surface area contributed by atoms with Crippen LogP contribution in [0.4, 0.5) is 0 Å². The molecule has 1 fully saturated rings. The van der Waals surface area contributed by atoms with Crippen molar-refractivity contribution in [1.29, 1.82) is 0 Å². The highest BCUT2D eigenvalue weighted by Crippen LogP contribution is 2.24. The van der Waals surface area contributed by atoms with Gasteiger partial charge in [0.1, 0.15) is 0 Å². The van der Waals surface area contributed by atoms with Crippen LogP contribution < -0.4 is 0 Å². The van der Waals surface area contributed by atoms with Crippen LogP contribution >= 0.6 is 11.6 Å². The average Bonchev–Trinajstić information content (AvgIpc) is 2.27. The second-order valence-electron chi connectivity index (χ2n) is 5.14. The number of hydrogen-bond acceptors (Lipinski definition) is 1. The van der Waals surface area contributed by atoms with Gasteiger partial charge in [0, 0.05) is 13.1 Å². The SMILES string of the molecule is C[C@@H]1C[C@@H](C)CN(C(=O)c2ccccc2Cl)C1. The van der Waals surface area contributed by atoms with Crippen molar-refractivity contribution in [2.45, 2.75) is 20.3 Å². The Labute approximate surface area is 108 Å². The molecule has 2 rings (SSSR count). The van der Waals surface area contributed by atoms with Gasteiger partial charge in [-0.15, -0.1) is 0 Å². The summed E-state index contributed by atoms with van der Waals surface area (Å²) >= 11 is 6.06. The molecule has 1 amide bonds. The van der Waals surface area contributed by atoms with E-state index in [2.05, 4.69) is 13.8 Å². The zero-order valence-electron chi connectivity index (χ0n) is 10.3. The van der Waals surface area contributed by atoms with Crippen molar-refractivity contribution < 1.29 is 4.79 Å². The zero-order valence-corrected chi connectivity index (χ0v) is 11.1. The van der Waals surface area contributed by atoms with E-state index in [4.69, 9.17) is 11.6 Å². The largest absolute Gasteiger partial charge is 0.338 e. The Morgan fingerprint density at radius 1 is 1.24 bits per heavy atom. The lowest BCUT2D eigenvalue weighted by molar-refractivity contribution is 0.0623. The summed E-state index contributed by atoms with van der Waals surface area (Å²) in [6.07, 6.45) is 1.20. The predicted octanol–water partition coefficient (Wildman–Crippen LogP) is 3.46. The van der Waals surface area contributed by atoms with E-state index >= 15 is 0 Å². The highest BCUT2D eigenvalue weighted by molar-refractivity contribution is 6.33. The molecule has 3 heteroatoms. The Kier molecular flexibility index (Phi) is 3.72. The molecule has 0 radical (unpaired) electrons. The van der Waals surface area contributed by atoms with Crippen molar-refractivity contribution >= 4 is 17.5 Å². The van der Waals surface area contributed by atoms with Crippen LogP contribution in [0.2, 0.25) is 5.02 Å². The normalized spacial score (nSPS) is 24.8. The molecule has 1 saturated heterocycles. The predicted molar refractivity (Wildman–Crippen MR) is 70.3 cm³/mol. The number of carbonyl (C=O) groups is 1. The number of amides is 1. The number of hydrogen-bond donors (Lipinski definition) is 0. The van der Waals surface area contributed by atoms with Crippen LogP contribution in [0.1, 0.15) is 30.6 Å². The van der Waals surface area contributed by atoms with Crippen LogP contribution in [0, 0.1) is 11.8 Å². The summed E-state index contributed by atoms with van der Waals surface area (Å²) in [6.45, 7) is 6.08. The lowest BCUT2D eigenvalue weighted by atomic mass is 9.91. The molecule has 1 aromatic rings. The van der Waals surface area contributed by atoms with E-state index in [0.717, 1.165) is 13.1 Å². The molecule has 2 nitrogen and oxygen atoms in total. The number of nitrogens with zero attached hydrogens (tertiary/aromatic N) is 1. The van der Waals surface area contributed by atoms with E-state index in [1.807, 2.05) is 17.0 Å². The van der Waals surface area contributed by atoms with Gasteiger partial charge < -0.3 is 4.90 Å². The number of halogens is 1. The fourth-order valence-electron chi connectivity index (χ4n) is 2.63. The van der Waals surface area contributed by atoms with E-state index in [9.17, 15) is 4.79 Å². The van der Waals surface area contributed by atoms with Crippen molar-refractivity contribution in [2.24, 2.45) is 11.8 Å². The molecule has 0 aromatic heterocycles. The Hall–Kier alpha value is -1.02. The highest BCUT2D eigenvalue weighted by Gasteiger charge is 2.26. The van der Waals surface area contributed by atoms with Crippen LogP contribution in [-0.4, -0.2) is 23.9 Å². The first kappa shape index (κ1) is 12.4. The van der Waals surface area contributed by atoms with Crippen LogP contribution in [0.3, 0.4) is 0 Å². The Balaban J connectivity index is 2.17. The van der Waals surface area contributed by atoms with Crippen molar-refractivity contribution in [3.8, 4) is 0 Å². The molecule has 0 spiro atoms. The lowest BCUT2D eigenvalue weighted by Crippen LogP contribution is -2.42.